The highest BCUT2D eigenvalue weighted by atomic mass is 32.2. The third kappa shape index (κ3) is 5.62. The molecule has 0 saturated carbocycles. The molecule has 31 heavy (non-hydrogen) atoms. The lowest BCUT2D eigenvalue weighted by Gasteiger charge is -2.32. The van der Waals surface area contributed by atoms with Gasteiger partial charge in [-0.3, -0.25) is 9.59 Å². The van der Waals surface area contributed by atoms with E-state index in [4.69, 9.17) is 4.74 Å². The molecule has 1 fully saturated rings. The van der Waals surface area contributed by atoms with Crippen molar-refractivity contribution in [1.82, 2.24) is 9.62 Å². The minimum atomic E-state index is -3.65. The number of methoxy groups -OCH3 is 1. The van der Waals surface area contributed by atoms with Crippen molar-refractivity contribution in [3.63, 3.8) is 0 Å². The summed E-state index contributed by atoms with van der Waals surface area (Å²) >= 11 is 0. The van der Waals surface area contributed by atoms with Gasteiger partial charge in [0.05, 0.1) is 12.0 Å². The van der Waals surface area contributed by atoms with Gasteiger partial charge in [-0.15, -0.1) is 0 Å². The molecule has 0 aromatic heterocycles. The van der Waals surface area contributed by atoms with Crippen LogP contribution in [0.5, 0.6) is 5.75 Å². The van der Waals surface area contributed by atoms with Gasteiger partial charge in [0.1, 0.15) is 5.75 Å². The van der Waals surface area contributed by atoms with Gasteiger partial charge in [-0.2, -0.15) is 0 Å². The van der Waals surface area contributed by atoms with Crippen LogP contribution in [0.2, 0.25) is 0 Å². The maximum atomic E-state index is 12.9. The van der Waals surface area contributed by atoms with Crippen LogP contribution in [0.15, 0.2) is 47.4 Å². The third-order valence-electron chi connectivity index (χ3n) is 5.27. The maximum absolute atomic E-state index is 12.9. The molecule has 0 aliphatic carbocycles. The van der Waals surface area contributed by atoms with Crippen molar-refractivity contribution in [1.29, 1.82) is 0 Å². The molecule has 1 heterocycles. The molecule has 2 amide bonds. The summed E-state index contributed by atoms with van der Waals surface area (Å²) < 4.78 is 33.0. The van der Waals surface area contributed by atoms with Gasteiger partial charge in [-0.1, -0.05) is 6.07 Å². The van der Waals surface area contributed by atoms with E-state index in [2.05, 4.69) is 10.0 Å². The molecule has 8 nitrogen and oxygen atoms in total. The van der Waals surface area contributed by atoms with Gasteiger partial charge in [-0.25, -0.2) is 13.1 Å². The number of nitrogens with one attached hydrogen (secondary N) is 2. The summed E-state index contributed by atoms with van der Waals surface area (Å²) in [6.07, 6.45) is 1.04. The monoisotopic (exact) mass is 445 g/mol. The van der Waals surface area contributed by atoms with Crippen molar-refractivity contribution in [2.24, 2.45) is 0 Å². The van der Waals surface area contributed by atoms with Crippen LogP contribution in [0.1, 0.15) is 35.7 Å². The molecule has 2 N–H and O–H groups in total. The Morgan fingerprint density at radius 1 is 1.06 bits per heavy atom. The number of nitrogens with zero attached hydrogens (tertiary/aromatic N) is 1. The Bertz CT molecular complexity index is 1060. The zero-order valence-electron chi connectivity index (χ0n) is 17.8. The van der Waals surface area contributed by atoms with E-state index in [9.17, 15) is 18.0 Å². The normalized spacial score (nSPS) is 14.9. The summed E-state index contributed by atoms with van der Waals surface area (Å²) in [5, 5.41) is 2.73. The SMILES string of the molecule is COc1ccc(S(=O)(=O)NC2CCN(C(=O)c3ccc(C)c(NC(C)=O)c3)CC2)cc1. The van der Waals surface area contributed by atoms with E-state index in [1.54, 1.807) is 35.2 Å². The quantitative estimate of drug-likeness (QED) is 0.711. The number of carbonyl (C=O) groups is 2. The third-order valence-corrected chi connectivity index (χ3v) is 6.81. The number of rotatable bonds is 6. The van der Waals surface area contributed by atoms with E-state index >= 15 is 0 Å². The molecule has 1 saturated heterocycles. The van der Waals surface area contributed by atoms with E-state index in [0.29, 0.717) is 42.9 Å². The minimum absolute atomic E-state index is 0.136. The van der Waals surface area contributed by atoms with Crippen LogP contribution in [0.25, 0.3) is 0 Å². The molecule has 2 aromatic rings. The van der Waals surface area contributed by atoms with E-state index < -0.39 is 10.0 Å². The van der Waals surface area contributed by atoms with Crippen LogP contribution in [-0.4, -0.2) is 51.4 Å². The van der Waals surface area contributed by atoms with E-state index in [-0.39, 0.29) is 22.8 Å². The number of piperidine rings is 1. The van der Waals surface area contributed by atoms with Crippen molar-refractivity contribution in [3.05, 3.63) is 53.6 Å². The maximum Gasteiger partial charge on any atom is 0.253 e. The second-order valence-electron chi connectivity index (χ2n) is 7.57. The molecule has 166 valence electrons. The zero-order chi connectivity index (χ0) is 22.6. The summed E-state index contributed by atoms with van der Waals surface area (Å²) in [5.41, 5.74) is 1.98. The molecule has 0 spiro atoms. The number of aryl methyl sites for hydroxylation is 1. The highest BCUT2D eigenvalue weighted by Crippen LogP contribution is 2.21. The Morgan fingerprint density at radius 2 is 1.71 bits per heavy atom. The summed E-state index contributed by atoms with van der Waals surface area (Å²) in [5.74, 6) is 0.254. The van der Waals surface area contributed by atoms with Gasteiger partial charge >= 0.3 is 0 Å². The average molecular weight is 446 g/mol. The molecule has 0 unspecified atom stereocenters. The molecule has 9 heteroatoms. The number of likely N-dealkylation sites (tertiary alicyclic amines) is 1. The lowest BCUT2D eigenvalue weighted by Crippen LogP contribution is -2.46. The number of hydrogen-bond donors (Lipinski definition) is 2. The van der Waals surface area contributed by atoms with Crippen LogP contribution in [0, 0.1) is 6.92 Å². The average Bonchev–Trinajstić information content (AvgIpc) is 2.75. The highest BCUT2D eigenvalue weighted by Gasteiger charge is 2.27. The molecular formula is C22H27N3O5S. The lowest BCUT2D eigenvalue weighted by atomic mass is 10.0. The molecule has 3 rings (SSSR count). The number of sulfonamides is 1. The lowest BCUT2D eigenvalue weighted by molar-refractivity contribution is -0.114. The summed E-state index contributed by atoms with van der Waals surface area (Å²) in [6, 6.07) is 11.2. The summed E-state index contributed by atoms with van der Waals surface area (Å²) in [6.45, 7) is 4.17. The molecule has 0 bridgehead atoms. The highest BCUT2D eigenvalue weighted by molar-refractivity contribution is 7.89. The molecule has 0 atom stereocenters. The first-order chi connectivity index (χ1) is 14.7. The number of amides is 2. The molecule has 0 radical (unpaired) electrons. The van der Waals surface area contributed by atoms with Crippen LogP contribution >= 0.6 is 0 Å². The molecule has 1 aliphatic heterocycles. The topological polar surface area (TPSA) is 105 Å². The molecular weight excluding hydrogens is 418 g/mol. The number of carbonyl (C=O) groups excluding carboxylic acids is 2. The van der Waals surface area contributed by atoms with Gasteiger partial charge in [0.15, 0.2) is 0 Å². The Labute approximate surface area is 182 Å². The van der Waals surface area contributed by atoms with Crippen molar-refractivity contribution in [2.75, 3.05) is 25.5 Å². The van der Waals surface area contributed by atoms with Gasteiger partial charge in [0.25, 0.3) is 5.91 Å². The Kier molecular flexibility index (Phi) is 6.97. The first-order valence-corrected chi connectivity index (χ1v) is 11.5. The van der Waals surface area contributed by atoms with Gasteiger partial charge in [0, 0.05) is 37.3 Å². The second-order valence-corrected chi connectivity index (χ2v) is 9.29. The van der Waals surface area contributed by atoms with Crippen molar-refractivity contribution < 1.29 is 22.7 Å². The van der Waals surface area contributed by atoms with E-state index in [1.807, 2.05) is 6.92 Å². The number of benzene rings is 2. The van der Waals surface area contributed by atoms with Crippen molar-refractivity contribution in [2.45, 2.75) is 37.6 Å². The minimum Gasteiger partial charge on any atom is -0.497 e. The van der Waals surface area contributed by atoms with Crippen LogP contribution < -0.4 is 14.8 Å². The number of anilines is 1. The van der Waals surface area contributed by atoms with Crippen molar-refractivity contribution >= 4 is 27.5 Å². The van der Waals surface area contributed by atoms with Crippen LogP contribution in [0.3, 0.4) is 0 Å². The van der Waals surface area contributed by atoms with Crippen LogP contribution in [-0.2, 0) is 14.8 Å². The number of hydrogen-bond acceptors (Lipinski definition) is 5. The first-order valence-electron chi connectivity index (χ1n) is 10.0. The molecule has 2 aromatic carbocycles. The zero-order valence-corrected chi connectivity index (χ0v) is 18.7. The van der Waals surface area contributed by atoms with E-state index in [1.165, 1.54) is 26.2 Å². The molecule has 1 aliphatic rings. The fraction of sp³-hybridized carbons (Fsp3) is 0.364. The predicted molar refractivity (Wildman–Crippen MR) is 118 cm³/mol. The Balaban J connectivity index is 1.61. The van der Waals surface area contributed by atoms with Crippen LogP contribution in [0.4, 0.5) is 5.69 Å². The van der Waals surface area contributed by atoms with E-state index in [0.717, 1.165) is 5.56 Å². The summed E-state index contributed by atoms with van der Waals surface area (Å²) in [4.78, 5) is 26.1. The summed E-state index contributed by atoms with van der Waals surface area (Å²) in [7, 11) is -2.12. The smallest absolute Gasteiger partial charge is 0.253 e. The fourth-order valence-corrected chi connectivity index (χ4v) is 4.81. The standard InChI is InChI=1S/C22H27N3O5S/c1-15-4-5-17(14-21(15)23-16(2)26)22(27)25-12-10-18(11-13-25)24-31(28,29)20-8-6-19(30-3)7-9-20/h4-9,14,18,24H,10-13H2,1-3H3,(H,23,26). The first kappa shape index (κ1) is 22.8. The Morgan fingerprint density at radius 3 is 2.29 bits per heavy atom. The predicted octanol–water partition coefficient (Wildman–Crippen LogP) is 2.55. The number of ether oxygens (including phenoxy) is 1. The second kappa shape index (κ2) is 9.49. The van der Waals surface area contributed by atoms with Gasteiger partial charge < -0.3 is 15.0 Å². The van der Waals surface area contributed by atoms with Crippen molar-refractivity contribution in [3.8, 4) is 5.75 Å². The van der Waals surface area contributed by atoms with Gasteiger partial charge in [0.2, 0.25) is 15.9 Å². The Hall–Kier alpha value is -2.91. The largest absolute Gasteiger partial charge is 0.497 e. The fourth-order valence-electron chi connectivity index (χ4n) is 3.50. The van der Waals surface area contributed by atoms with Gasteiger partial charge in [-0.05, 0) is 61.7 Å².